The lowest BCUT2D eigenvalue weighted by Gasteiger charge is -2.08. The largest absolute Gasteiger partial charge is 0.386 e. The molecule has 2 aromatic heterocycles. The van der Waals surface area contributed by atoms with Gasteiger partial charge in [-0.05, 0) is 52.7 Å². The van der Waals surface area contributed by atoms with E-state index in [-0.39, 0.29) is 0 Å². The van der Waals surface area contributed by atoms with Crippen LogP contribution in [0.5, 0.6) is 0 Å². The zero-order valence-corrected chi connectivity index (χ0v) is 11.3. The van der Waals surface area contributed by atoms with Gasteiger partial charge in [0.15, 0.2) is 0 Å². The molecule has 2 rings (SSSR count). The van der Waals surface area contributed by atoms with Gasteiger partial charge < -0.3 is 5.11 Å². The Morgan fingerprint density at radius 2 is 2.25 bits per heavy atom. The molecule has 0 aromatic carbocycles. The van der Waals surface area contributed by atoms with Crippen LogP contribution >= 0.6 is 27.3 Å². The molecule has 0 aliphatic rings. The minimum absolute atomic E-state index is 0.523. The fraction of sp³-hybridized carbons (Fsp3) is 0.250. The molecule has 16 heavy (non-hydrogen) atoms. The molecule has 2 aromatic rings. The highest BCUT2D eigenvalue weighted by molar-refractivity contribution is 9.11. The Kier molecular flexibility index (Phi) is 3.74. The fourth-order valence-electron chi connectivity index (χ4n) is 1.50. The third-order valence-electron chi connectivity index (χ3n) is 2.30. The Morgan fingerprint density at radius 3 is 2.88 bits per heavy atom. The second kappa shape index (κ2) is 5.08. The number of aliphatic hydroxyl groups excluding tert-OH is 1. The van der Waals surface area contributed by atoms with Crippen LogP contribution < -0.4 is 0 Å². The summed E-state index contributed by atoms with van der Waals surface area (Å²) in [5.74, 6) is 0. The molecular weight excluding hydrogens is 286 g/mol. The maximum atomic E-state index is 10.0. The van der Waals surface area contributed by atoms with E-state index in [1.54, 1.807) is 17.5 Å². The molecular formula is C12H12BrNOS. The van der Waals surface area contributed by atoms with Gasteiger partial charge in [-0.25, -0.2) is 0 Å². The van der Waals surface area contributed by atoms with Crippen molar-refractivity contribution in [3.05, 3.63) is 50.4 Å². The van der Waals surface area contributed by atoms with Gasteiger partial charge in [0.1, 0.15) is 6.10 Å². The molecule has 0 saturated carbocycles. The molecule has 1 atom stereocenters. The maximum absolute atomic E-state index is 10.0. The molecule has 84 valence electrons. The number of aryl methyl sites for hydroxylation is 1. The van der Waals surface area contributed by atoms with Crippen LogP contribution in [0.4, 0.5) is 0 Å². The average molecular weight is 298 g/mol. The zero-order valence-electron chi connectivity index (χ0n) is 8.85. The monoisotopic (exact) mass is 297 g/mol. The maximum Gasteiger partial charge on any atom is 0.101 e. The lowest BCUT2D eigenvalue weighted by Crippen LogP contribution is -2.03. The number of aliphatic hydroxyl groups is 1. The normalized spacial score (nSPS) is 12.7. The predicted molar refractivity (Wildman–Crippen MR) is 69.7 cm³/mol. The molecule has 0 aliphatic heterocycles. The summed E-state index contributed by atoms with van der Waals surface area (Å²) in [4.78, 5) is 5.34. The summed E-state index contributed by atoms with van der Waals surface area (Å²) in [5, 5.41) is 10.0. The highest BCUT2D eigenvalue weighted by atomic mass is 79.9. The Balaban J connectivity index is 2.11. The van der Waals surface area contributed by atoms with E-state index in [1.165, 1.54) is 0 Å². The van der Waals surface area contributed by atoms with Crippen molar-refractivity contribution >= 4 is 27.3 Å². The van der Waals surface area contributed by atoms with Gasteiger partial charge in [-0.3, -0.25) is 4.98 Å². The number of pyridine rings is 1. The van der Waals surface area contributed by atoms with Crippen molar-refractivity contribution in [2.24, 2.45) is 0 Å². The van der Waals surface area contributed by atoms with Crippen molar-refractivity contribution in [3.8, 4) is 0 Å². The van der Waals surface area contributed by atoms with Gasteiger partial charge in [-0.2, -0.15) is 0 Å². The van der Waals surface area contributed by atoms with Crippen LogP contribution in [0.15, 0.2) is 34.2 Å². The predicted octanol–water partition coefficient (Wildman–Crippen LogP) is 3.49. The third-order valence-corrected chi connectivity index (χ3v) is 3.95. The quantitative estimate of drug-likeness (QED) is 0.941. The molecule has 0 aliphatic carbocycles. The summed E-state index contributed by atoms with van der Waals surface area (Å²) in [5.41, 5.74) is 1.86. The van der Waals surface area contributed by atoms with E-state index >= 15 is 0 Å². The van der Waals surface area contributed by atoms with E-state index in [9.17, 15) is 5.11 Å². The molecule has 0 radical (unpaired) electrons. The second-order valence-corrected chi connectivity index (χ2v) is 6.23. The average Bonchev–Trinajstić information content (AvgIpc) is 2.64. The highest BCUT2D eigenvalue weighted by Gasteiger charge is 2.11. The summed E-state index contributed by atoms with van der Waals surface area (Å²) in [6, 6.07) is 7.87. The first-order chi connectivity index (χ1) is 7.65. The Labute approximate surface area is 107 Å². The van der Waals surface area contributed by atoms with Gasteiger partial charge in [0, 0.05) is 17.5 Å². The van der Waals surface area contributed by atoms with Crippen molar-refractivity contribution in [1.29, 1.82) is 0 Å². The molecule has 0 bridgehead atoms. The van der Waals surface area contributed by atoms with E-state index in [1.807, 2.05) is 31.2 Å². The van der Waals surface area contributed by atoms with Crippen LogP contribution in [-0.2, 0) is 6.42 Å². The van der Waals surface area contributed by atoms with Gasteiger partial charge >= 0.3 is 0 Å². The van der Waals surface area contributed by atoms with Gasteiger partial charge in [-0.15, -0.1) is 11.3 Å². The minimum atomic E-state index is -0.523. The summed E-state index contributed by atoms with van der Waals surface area (Å²) < 4.78 is 1.09. The number of aromatic nitrogens is 1. The molecule has 2 heterocycles. The minimum Gasteiger partial charge on any atom is -0.386 e. The Morgan fingerprint density at radius 1 is 1.44 bits per heavy atom. The van der Waals surface area contributed by atoms with Crippen LogP contribution in [0.2, 0.25) is 0 Å². The van der Waals surface area contributed by atoms with E-state index in [2.05, 4.69) is 20.9 Å². The number of thiophene rings is 1. The van der Waals surface area contributed by atoms with E-state index in [0.29, 0.717) is 6.42 Å². The number of rotatable bonds is 3. The number of hydrogen-bond donors (Lipinski definition) is 1. The van der Waals surface area contributed by atoms with Crippen LogP contribution in [-0.4, -0.2) is 10.1 Å². The van der Waals surface area contributed by atoms with E-state index < -0.39 is 6.10 Å². The van der Waals surface area contributed by atoms with Crippen LogP contribution in [0.1, 0.15) is 22.2 Å². The van der Waals surface area contributed by atoms with Crippen molar-refractivity contribution in [3.63, 3.8) is 0 Å². The van der Waals surface area contributed by atoms with Crippen molar-refractivity contribution in [2.45, 2.75) is 19.4 Å². The lowest BCUT2D eigenvalue weighted by atomic mass is 10.1. The summed E-state index contributed by atoms with van der Waals surface area (Å²) in [6.45, 7) is 2.00. The number of halogens is 1. The van der Waals surface area contributed by atoms with Crippen molar-refractivity contribution in [1.82, 2.24) is 4.98 Å². The SMILES string of the molecule is Cc1ccnc(C(O)Cc2ccc(Br)s2)c1. The van der Waals surface area contributed by atoms with Crippen molar-refractivity contribution in [2.75, 3.05) is 0 Å². The van der Waals surface area contributed by atoms with Crippen LogP contribution in [0, 0.1) is 6.92 Å². The number of hydrogen-bond acceptors (Lipinski definition) is 3. The Hall–Kier alpha value is -0.710. The van der Waals surface area contributed by atoms with Gasteiger partial charge in [0.05, 0.1) is 9.48 Å². The highest BCUT2D eigenvalue weighted by Crippen LogP contribution is 2.26. The first-order valence-corrected chi connectivity index (χ1v) is 6.61. The first-order valence-electron chi connectivity index (χ1n) is 5.00. The van der Waals surface area contributed by atoms with Gasteiger partial charge in [0.2, 0.25) is 0 Å². The fourth-order valence-corrected chi connectivity index (χ4v) is 3.02. The van der Waals surface area contributed by atoms with Crippen molar-refractivity contribution < 1.29 is 5.11 Å². The van der Waals surface area contributed by atoms with Crippen LogP contribution in [0.25, 0.3) is 0 Å². The standard InChI is InChI=1S/C12H12BrNOS/c1-8-4-5-14-10(6-8)11(15)7-9-2-3-12(13)16-9/h2-6,11,15H,7H2,1H3. The number of nitrogens with zero attached hydrogens (tertiary/aromatic N) is 1. The molecule has 0 saturated heterocycles. The molecule has 4 heteroatoms. The van der Waals surface area contributed by atoms with Gasteiger partial charge in [0.25, 0.3) is 0 Å². The molecule has 0 amide bonds. The first kappa shape index (κ1) is 11.8. The van der Waals surface area contributed by atoms with E-state index in [0.717, 1.165) is 19.9 Å². The third kappa shape index (κ3) is 2.90. The second-order valence-electron chi connectivity index (χ2n) is 3.68. The zero-order chi connectivity index (χ0) is 11.5. The molecule has 1 unspecified atom stereocenters. The summed E-state index contributed by atoms with van der Waals surface area (Å²) in [7, 11) is 0. The summed E-state index contributed by atoms with van der Waals surface area (Å²) in [6.07, 6.45) is 1.83. The topological polar surface area (TPSA) is 33.1 Å². The van der Waals surface area contributed by atoms with E-state index in [4.69, 9.17) is 0 Å². The molecule has 2 nitrogen and oxygen atoms in total. The summed E-state index contributed by atoms with van der Waals surface area (Å²) >= 11 is 5.06. The lowest BCUT2D eigenvalue weighted by molar-refractivity contribution is 0.174. The Bertz CT molecular complexity index is 483. The van der Waals surface area contributed by atoms with Crippen LogP contribution in [0.3, 0.4) is 0 Å². The smallest absolute Gasteiger partial charge is 0.101 e. The molecule has 0 spiro atoms. The molecule has 1 N–H and O–H groups in total. The van der Waals surface area contributed by atoms with Gasteiger partial charge in [-0.1, -0.05) is 0 Å². The molecule has 0 fully saturated rings.